The summed E-state index contributed by atoms with van der Waals surface area (Å²) in [5, 5.41) is 14.9. The van der Waals surface area contributed by atoms with Crippen molar-refractivity contribution >= 4 is 28.7 Å². The Labute approximate surface area is 191 Å². The third kappa shape index (κ3) is 3.71. The largest absolute Gasteiger partial charge is 0.503 e. The minimum absolute atomic E-state index is 0.0916. The molecule has 1 amide bonds. The maximum atomic E-state index is 13.4. The smallest absolute Gasteiger partial charge is 0.294 e. The minimum Gasteiger partial charge on any atom is -0.503 e. The van der Waals surface area contributed by atoms with Crippen molar-refractivity contribution in [1.82, 2.24) is 0 Å². The Balaban J connectivity index is 1.86. The molecule has 5 nitrogen and oxygen atoms in total. The van der Waals surface area contributed by atoms with Gasteiger partial charge in [-0.25, -0.2) is 0 Å². The number of Topliss-reactive ketones (excluding diaryl/α,β-unsaturated/α-hetero) is 1. The van der Waals surface area contributed by atoms with E-state index in [1.165, 1.54) is 4.90 Å². The molecule has 0 saturated carbocycles. The molecule has 1 atom stereocenters. The molecule has 1 unspecified atom stereocenters. The van der Waals surface area contributed by atoms with E-state index in [1.807, 2.05) is 53.9 Å². The number of ketones is 1. The molecule has 0 fully saturated rings. The number of hydrogen-bond donors (Lipinski definition) is 1. The summed E-state index contributed by atoms with van der Waals surface area (Å²) in [6.45, 7) is 5.33. The van der Waals surface area contributed by atoms with Crippen molar-refractivity contribution in [2.45, 2.75) is 26.8 Å². The van der Waals surface area contributed by atoms with Crippen LogP contribution in [0.4, 0.5) is 5.69 Å². The van der Waals surface area contributed by atoms with Gasteiger partial charge >= 0.3 is 0 Å². The maximum absolute atomic E-state index is 13.4. The van der Waals surface area contributed by atoms with Gasteiger partial charge in [-0.2, -0.15) is 11.3 Å². The first-order valence-corrected chi connectivity index (χ1v) is 11.3. The molecule has 164 valence electrons. The number of methoxy groups -OCH3 is 1. The number of thiophene rings is 1. The van der Waals surface area contributed by atoms with Crippen molar-refractivity contribution in [3.63, 3.8) is 0 Å². The lowest BCUT2D eigenvalue weighted by Gasteiger charge is -2.30. The third-order valence-electron chi connectivity index (χ3n) is 5.57. The molecule has 0 spiro atoms. The Morgan fingerprint density at radius 2 is 1.72 bits per heavy atom. The second kappa shape index (κ2) is 8.28. The molecule has 3 aromatic rings. The normalized spacial score (nSPS) is 16.6. The second-order valence-electron chi connectivity index (χ2n) is 8.72. The van der Waals surface area contributed by atoms with E-state index in [-0.39, 0.29) is 11.4 Å². The van der Waals surface area contributed by atoms with Crippen LogP contribution in [0.5, 0.6) is 5.75 Å². The fourth-order valence-electron chi connectivity index (χ4n) is 3.94. The average molecular weight is 448 g/mol. The van der Waals surface area contributed by atoms with Crippen molar-refractivity contribution in [2.24, 2.45) is 5.41 Å². The summed E-state index contributed by atoms with van der Waals surface area (Å²) < 4.78 is 5.54. The number of benzene rings is 2. The van der Waals surface area contributed by atoms with Crippen LogP contribution in [0.2, 0.25) is 0 Å². The van der Waals surface area contributed by atoms with E-state index < -0.39 is 23.1 Å². The van der Waals surface area contributed by atoms with E-state index in [0.29, 0.717) is 17.0 Å². The third-order valence-corrected chi connectivity index (χ3v) is 6.25. The number of para-hydroxylation sites is 1. The first-order valence-electron chi connectivity index (χ1n) is 10.3. The predicted octanol–water partition coefficient (Wildman–Crippen LogP) is 5.94. The summed E-state index contributed by atoms with van der Waals surface area (Å²) in [7, 11) is 1.55. The Kier molecular flexibility index (Phi) is 5.65. The summed E-state index contributed by atoms with van der Waals surface area (Å²) in [5.74, 6) is -0.852. The summed E-state index contributed by atoms with van der Waals surface area (Å²) in [6.07, 6.45) is 0. The zero-order valence-electron chi connectivity index (χ0n) is 18.5. The molecule has 4 rings (SSSR count). The highest BCUT2D eigenvalue weighted by atomic mass is 32.1. The van der Waals surface area contributed by atoms with Crippen LogP contribution >= 0.6 is 11.3 Å². The molecule has 0 bridgehead atoms. The van der Waals surface area contributed by atoms with E-state index in [1.54, 1.807) is 45.3 Å². The van der Waals surface area contributed by atoms with E-state index in [2.05, 4.69) is 5.38 Å². The van der Waals surface area contributed by atoms with Gasteiger partial charge in [-0.05, 0) is 46.2 Å². The molecule has 0 aliphatic carbocycles. The molecule has 1 aliphatic rings. The van der Waals surface area contributed by atoms with Crippen LogP contribution in [0.3, 0.4) is 0 Å². The van der Waals surface area contributed by atoms with E-state index in [0.717, 1.165) is 11.1 Å². The van der Waals surface area contributed by atoms with E-state index >= 15 is 0 Å². The molecule has 0 radical (unpaired) electrons. The van der Waals surface area contributed by atoms with Crippen LogP contribution in [-0.2, 0) is 9.59 Å². The van der Waals surface area contributed by atoms with E-state index in [4.69, 9.17) is 4.74 Å². The Morgan fingerprint density at radius 1 is 1.03 bits per heavy atom. The van der Waals surface area contributed by atoms with Gasteiger partial charge in [0.25, 0.3) is 5.91 Å². The zero-order valence-corrected chi connectivity index (χ0v) is 19.3. The summed E-state index contributed by atoms with van der Waals surface area (Å²) in [5.41, 5.74) is 2.67. The molecule has 2 heterocycles. The fraction of sp³-hybridized carbons (Fsp3) is 0.231. The number of ether oxygens (including phenoxy) is 1. The van der Waals surface area contributed by atoms with Crippen LogP contribution in [-0.4, -0.2) is 23.9 Å². The lowest BCUT2D eigenvalue weighted by molar-refractivity contribution is -0.123. The van der Waals surface area contributed by atoms with Crippen LogP contribution in [0.15, 0.2) is 76.7 Å². The molecular weight excluding hydrogens is 422 g/mol. The highest BCUT2D eigenvalue weighted by molar-refractivity contribution is 7.08. The number of aliphatic hydroxyl groups excluding tert-OH is 1. The lowest BCUT2D eigenvalue weighted by Crippen LogP contribution is -2.33. The molecule has 32 heavy (non-hydrogen) atoms. The van der Waals surface area contributed by atoms with Crippen LogP contribution in [0, 0.1) is 5.41 Å². The van der Waals surface area contributed by atoms with Gasteiger partial charge in [0.1, 0.15) is 5.75 Å². The highest BCUT2D eigenvalue weighted by Gasteiger charge is 2.47. The lowest BCUT2D eigenvalue weighted by atomic mass is 9.82. The van der Waals surface area contributed by atoms with Crippen molar-refractivity contribution in [2.75, 3.05) is 12.0 Å². The number of aliphatic hydroxyl groups is 1. The maximum Gasteiger partial charge on any atom is 0.294 e. The molecule has 2 aromatic carbocycles. The second-order valence-corrected chi connectivity index (χ2v) is 9.50. The minimum atomic E-state index is -0.794. The van der Waals surface area contributed by atoms with Gasteiger partial charge in [0.15, 0.2) is 11.5 Å². The molecular formula is C26H25NO4S. The predicted molar refractivity (Wildman–Crippen MR) is 127 cm³/mol. The number of anilines is 1. The monoisotopic (exact) mass is 447 g/mol. The molecule has 1 aromatic heterocycles. The van der Waals surface area contributed by atoms with Gasteiger partial charge in [0.05, 0.1) is 18.7 Å². The fourth-order valence-corrected chi connectivity index (χ4v) is 4.60. The van der Waals surface area contributed by atoms with Gasteiger partial charge in [0, 0.05) is 16.7 Å². The van der Waals surface area contributed by atoms with Crippen molar-refractivity contribution in [3.05, 3.63) is 82.3 Å². The molecule has 1 aliphatic heterocycles. The van der Waals surface area contributed by atoms with Gasteiger partial charge < -0.3 is 9.84 Å². The molecule has 6 heteroatoms. The van der Waals surface area contributed by atoms with Crippen molar-refractivity contribution in [1.29, 1.82) is 0 Å². The SMILES string of the molecule is COc1ccccc1C1C(C(=O)C(C)(C)C)=C(O)C(=O)N1c1ccc(-c2ccsc2)cc1. The summed E-state index contributed by atoms with van der Waals surface area (Å²) >= 11 is 1.62. The Hall–Kier alpha value is -3.38. The van der Waals surface area contributed by atoms with Gasteiger partial charge in [-0.15, -0.1) is 0 Å². The van der Waals surface area contributed by atoms with Crippen molar-refractivity contribution < 1.29 is 19.4 Å². The zero-order chi connectivity index (χ0) is 23.0. The number of nitrogens with zero attached hydrogens (tertiary/aromatic N) is 1. The molecule has 0 saturated heterocycles. The first kappa shape index (κ1) is 21.8. The summed E-state index contributed by atoms with van der Waals surface area (Å²) in [6, 6.07) is 16.0. The van der Waals surface area contributed by atoms with Crippen LogP contribution in [0.25, 0.3) is 11.1 Å². The van der Waals surface area contributed by atoms with Gasteiger partial charge in [0.2, 0.25) is 0 Å². The van der Waals surface area contributed by atoms with Gasteiger partial charge in [-0.1, -0.05) is 51.1 Å². The number of hydrogen-bond acceptors (Lipinski definition) is 5. The van der Waals surface area contributed by atoms with Crippen LogP contribution in [0.1, 0.15) is 32.4 Å². The quantitative estimate of drug-likeness (QED) is 0.526. The highest BCUT2D eigenvalue weighted by Crippen LogP contribution is 2.46. The topological polar surface area (TPSA) is 66.8 Å². The summed E-state index contributed by atoms with van der Waals surface area (Å²) in [4.78, 5) is 28.1. The van der Waals surface area contributed by atoms with Gasteiger partial charge in [-0.3, -0.25) is 14.5 Å². The van der Waals surface area contributed by atoms with Crippen molar-refractivity contribution in [3.8, 4) is 16.9 Å². The first-order chi connectivity index (χ1) is 15.2. The Bertz CT molecular complexity index is 1190. The average Bonchev–Trinajstić information content (AvgIpc) is 3.40. The standard InChI is InChI=1S/C26H25NO4S/c1-26(2,3)24(29)21-22(19-7-5-6-8-20(19)31-4)27(25(30)23(21)28)18-11-9-16(10-12-18)17-13-14-32-15-17/h5-15,22,28H,1-4H3. The van der Waals surface area contributed by atoms with E-state index in [9.17, 15) is 14.7 Å². The number of rotatable bonds is 5. The molecule has 1 N–H and O–H groups in total. The number of carbonyl (C=O) groups excluding carboxylic acids is 2. The Morgan fingerprint density at radius 3 is 2.31 bits per heavy atom. The number of carbonyl (C=O) groups is 2. The number of amides is 1. The van der Waals surface area contributed by atoms with Crippen LogP contribution < -0.4 is 9.64 Å².